The Morgan fingerprint density at radius 3 is 2.28 bits per heavy atom. The number of hydrogen-bond acceptors (Lipinski definition) is 2. The number of benzene rings is 1. The molecule has 3 unspecified atom stereocenters. The number of thioether (sulfide) groups is 1. The highest BCUT2D eigenvalue weighted by molar-refractivity contribution is 7.99. The lowest BCUT2D eigenvalue weighted by Gasteiger charge is -2.24. The van der Waals surface area contributed by atoms with Crippen LogP contribution in [0.5, 0.6) is 0 Å². The molecule has 0 heterocycles. The quantitative estimate of drug-likeness (QED) is 0.363. The Labute approximate surface area is 158 Å². The van der Waals surface area contributed by atoms with E-state index in [1.807, 2.05) is 36.9 Å². The zero-order chi connectivity index (χ0) is 18.5. The molecule has 0 spiro atoms. The molecule has 1 aromatic rings. The van der Waals surface area contributed by atoms with Crippen molar-refractivity contribution < 1.29 is 9.90 Å². The fourth-order valence-corrected chi connectivity index (χ4v) is 4.80. The predicted molar refractivity (Wildman–Crippen MR) is 110 cm³/mol. The van der Waals surface area contributed by atoms with E-state index in [-0.39, 0.29) is 11.2 Å². The number of carboxylic acid groups (broad SMARTS) is 1. The molecule has 0 aliphatic heterocycles. The molecule has 3 atom stereocenters. The van der Waals surface area contributed by atoms with Crippen molar-refractivity contribution in [2.45, 2.75) is 77.4 Å². The van der Waals surface area contributed by atoms with Crippen molar-refractivity contribution in [1.82, 2.24) is 0 Å². The Hall–Kier alpha value is -0.960. The largest absolute Gasteiger partial charge is 0.481 e. The van der Waals surface area contributed by atoms with E-state index in [0.29, 0.717) is 5.92 Å². The minimum absolute atomic E-state index is 0.0392. The molecule has 0 fully saturated rings. The number of carbonyl (C=O) groups is 1. The van der Waals surface area contributed by atoms with Gasteiger partial charge in [-0.25, -0.2) is 0 Å². The summed E-state index contributed by atoms with van der Waals surface area (Å²) in [5.41, 5.74) is 1.14. The van der Waals surface area contributed by atoms with Crippen LogP contribution in [0.25, 0.3) is 0 Å². The Bertz CT molecular complexity index is 460. The van der Waals surface area contributed by atoms with E-state index in [1.54, 1.807) is 0 Å². The average Bonchev–Trinajstić information content (AvgIpc) is 2.63. The van der Waals surface area contributed by atoms with Crippen molar-refractivity contribution in [1.29, 1.82) is 0 Å². The lowest BCUT2D eigenvalue weighted by Crippen LogP contribution is -2.18. The van der Waals surface area contributed by atoms with Gasteiger partial charge in [-0.3, -0.25) is 4.79 Å². The van der Waals surface area contributed by atoms with Gasteiger partial charge in [0.05, 0.1) is 5.92 Å². The Balaban J connectivity index is 2.49. The van der Waals surface area contributed by atoms with Crippen LogP contribution in [0.1, 0.15) is 83.0 Å². The summed E-state index contributed by atoms with van der Waals surface area (Å²) in [6.07, 6.45) is 10.5. The van der Waals surface area contributed by atoms with Crippen LogP contribution in [-0.2, 0) is 4.79 Å². The molecule has 0 aliphatic carbocycles. The Morgan fingerprint density at radius 1 is 1.04 bits per heavy atom. The fraction of sp³-hybridized carbons (Fsp3) is 0.682. The van der Waals surface area contributed by atoms with Gasteiger partial charge in [-0.1, -0.05) is 96.0 Å². The van der Waals surface area contributed by atoms with Crippen LogP contribution in [0.2, 0.25) is 0 Å². The summed E-state index contributed by atoms with van der Waals surface area (Å²) in [7, 11) is 0. The maximum Gasteiger partial charge on any atom is 0.307 e. The van der Waals surface area contributed by atoms with Crippen LogP contribution >= 0.6 is 11.8 Å². The van der Waals surface area contributed by atoms with E-state index >= 15 is 0 Å². The number of rotatable bonds is 14. The van der Waals surface area contributed by atoms with Gasteiger partial charge < -0.3 is 5.11 Å². The topological polar surface area (TPSA) is 37.3 Å². The standard InChI is InChI=1S/C22H36O2S/c1-4-6-7-8-9-11-14-19(5-2)17-25-21(18(3)22(23)24)20-15-12-10-13-16-20/h10,12-13,15-16,18-19,21H,4-9,11,14,17H2,1-3H3,(H,23,24). The highest BCUT2D eigenvalue weighted by Gasteiger charge is 2.26. The van der Waals surface area contributed by atoms with Crippen molar-refractivity contribution in [2.75, 3.05) is 5.75 Å². The van der Waals surface area contributed by atoms with Gasteiger partial charge in [0.1, 0.15) is 0 Å². The van der Waals surface area contributed by atoms with Gasteiger partial charge in [0.25, 0.3) is 0 Å². The third-order valence-corrected chi connectivity index (χ3v) is 6.73. The summed E-state index contributed by atoms with van der Waals surface area (Å²) in [6, 6.07) is 10.1. The number of carboxylic acids is 1. The SMILES string of the molecule is CCCCCCCCC(CC)CSC(c1ccccc1)C(C)C(=O)O. The fourth-order valence-electron chi connectivity index (χ4n) is 3.16. The first-order chi connectivity index (χ1) is 12.1. The van der Waals surface area contributed by atoms with E-state index < -0.39 is 5.97 Å². The molecule has 1 N–H and O–H groups in total. The molecular formula is C22H36O2S. The second-order valence-electron chi connectivity index (χ2n) is 7.12. The van der Waals surface area contributed by atoms with Crippen molar-refractivity contribution in [3.05, 3.63) is 35.9 Å². The van der Waals surface area contributed by atoms with Crippen LogP contribution in [-0.4, -0.2) is 16.8 Å². The molecule has 2 nitrogen and oxygen atoms in total. The van der Waals surface area contributed by atoms with Gasteiger partial charge in [-0.05, 0) is 23.7 Å². The summed E-state index contributed by atoms with van der Waals surface area (Å²) in [4.78, 5) is 11.5. The summed E-state index contributed by atoms with van der Waals surface area (Å²) >= 11 is 1.83. The lowest BCUT2D eigenvalue weighted by molar-refractivity contribution is -0.141. The van der Waals surface area contributed by atoms with Crippen molar-refractivity contribution in [3.63, 3.8) is 0 Å². The van der Waals surface area contributed by atoms with Crippen molar-refractivity contribution in [3.8, 4) is 0 Å². The van der Waals surface area contributed by atoms with Gasteiger partial charge in [-0.15, -0.1) is 0 Å². The first-order valence-electron chi connectivity index (χ1n) is 9.99. The molecule has 0 saturated heterocycles. The monoisotopic (exact) mass is 364 g/mol. The second kappa shape index (κ2) is 13.3. The average molecular weight is 365 g/mol. The van der Waals surface area contributed by atoms with Crippen molar-refractivity contribution in [2.24, 2.45) is 11.8 Å². The Kier molecular flexibility index (Phi) is 11.7. The number of hydrogen-bond donors (Lipinski definition) is 1. The minimum atomic E-state index is -0.703. The van der Waals surface area contributed by atoms with E-state index in [4.69, 9.17) is 0 Å². The van der Waals surface area contributed by atoms with Gasteiger partial charge >= 0.3 is 5.97 Å². The Morgan fingerprint density at radius 2 is 1.68 bits per heavy atom. The van der Waals surface area contributed by atoms with Gasteiger partial charge in [0.15, 0.2) is 0 Å². The molecule has 25 heavy (non-hydrogen) atoms. The number of aliphatic carboxylic acids is 1. The summed E-state index contributed by atoms with van der Waals surface area (Å²) in [5.74, 6) is 0.690. The molecule has 0 radical (unpaired) electrons. The molecule has 0 saturated carbocycles. The summed E-state index contributed by atoms with van der Waals surface area (Å²) in [6.45, 7) is 6.35. The third kappa shape index (κ3) is 8.80. The molecule has 142 valence electrons. The molecule has 1 aromatic carbocycles. The molecule has 0 aliphatic rings. The van der Waals surface area contributed by atoms with Gasteiger partial charge in [-0.2, -0.15) is 11.8 Å². The normalized spacial score (nSPS) is 14.8. The van der Waals surface area contributed by atoms with E-state index in [1.165, 1.54) is 51.4 Å². The lowest BCUT2D eigenvalue weighted by atomic mass is 9.99. The zero-order valence-electron chi connectivity index (χ0n) is 16.2. The van der Waals surface area contributed by atoms with E-state index in [9.17, 15) is 9.90 Å². The molecule has 0 aromatic heterocycles. The van der Waals surface area contributed by atoms with Gasteiger partial charge in [0, 0.05) is 5.25 Å². The molecular weight excluding hydrogens is 328 g/mol. The van der Waals surface area contributed by atoms with Crippen LogP contribution in [0.3, 0.4) is 0 Å². The van der Waals surface area contributed by atoms with Crippen LogP contribution in [0, 0.1) is 11.8 Å². The maximum absolute atomic E-state index is 11.5. The van der Waals surface area contributed by atoms with Gasteiger partial charge in [0.2, 0.25) is 0 Å². The predicted octanol–water partition coefficient (Wildman–Crippen LogP) is 6.96. The van der Waals surface area contributed by atoms with Crippen LogP contribution < -0.4 is 0 Å². The molecule has 0 amide bonds. The first-order valence-corrected chi connectivity index (χ1v) is 11.0. The van der Waals surface area contributed by atoms with Crippen molar-refractivity contribution >= 4 is 17.7 Å². The molecule has 3 heteroatoms. The van der Waals surface area contributed by atoms with E-state index in [2.05, 4.69) is 26.0 Å². The summed E-state index contributed by atoms with van der Waals surface area (Å²) < 4.78 is 0. The first kappa shape index (κ1) is 22.1. The highest BCUT2D eigenvalue weighted by atomic mass is 32.2. The van der Waals surface area contributed by atoms with Crippen LogP contribution in [0.4, 0.5) is 0 Å². The smallest absolute Gasteiger partial charge is 0.307 e. The molecule has 1 rings (SSSR count). The highest BCUT2D eigenvalue weighted by Crippen LogP contribution is 2.38. The van der Waals surface area contributed by atoms with Crippen LogP contribution in [0.15, 0.2) is 30.3 Å². The summed E-state index contributed by atoms with van der Waals surface area (Å²) in [5, 5.41) is 9.51. The maximum atomic E-state index is 11.5. The zero-order valence-corrected chi connectivity index (χ0v) is 17.1. The number of unbranched alkanes of at least 4 members (excludes halogenated alkanes) is 5. The molecule has 0 bridgehead atoms. The van der Waals surface area contributed by atoms with E-state index in [0.717, 1.165) is 11.3 Å². The second-order valence-corrected chi connectivity index (χ2v) is 8.30. The third-order valence-electron chi connectivity index (χ3n) is 5.03. The minimum Gasteiger partial charge on any atom is -0.481 e.